The topological polar surface area (TPSA) is 55.8 Å². The van der Waals surface area contributed by atoms with Gasteiger partial charge >= 0.3 is 0 Å². The fraction of sp³-hybridized carbons (Fsp3) is 0.417. The van der Waals surface area contributed by atoms with Crippen molar-refractivity contribution in [1.29, 1.82) is 0 Å². The van der Waals surface area contributed by atoms with Gasteiger partial charge in [-0.05, 0) is 18.2 Å². The molecule has 6 heteroatoms. The average molecular weight is 267 g/mol. The maximum absolute atomic E-state index is 12.2. The lowest BCUT2D eigenvalue weighted by molar-refractivity contribution is 0.0771. The van der Waals surface area contributed by atoms with Crippen LogP contribution in [0.5, 0.6) is 11.5 Å². The molecule has 2 aliphatic rings. The second-order valence-corrected chi connectivity index (χ2v) is 5.90. The molecule has 18 heavy (non-hydrogen) atoms. The molecule has 0 aliphatic carbocycles. The van der Waals surface area contributed by atoms with Gasteiger partial charge in [-0.2, -0.15) is 0 Å². The third-order valence-corrected chi connectivity index (χ3v) is 4.36. The van der Waals surface area contributed by atoms with Crippen LogP contribution in [0.2, 0.25) is 0 Å². The summed E-state index contributed by atoms with van der Waals surface area (Å²) in [7, 11) is -0.772. The van der Waals surface area contributed by atoms with Crippen molar-refractivity contribution >= 4 is 16.7 Å². The summed E-state index contributed by atoms with van der Waals surface area (Å²) in [6, 6.07) is 5.19. The van der Waals surface area contributed by atoms with Gasteiger partial charge in [0.15, 0.2) is 11.5 Å². The molecule has 2 heterocycles. The minimum Gasteiger partial charge on any atom is -0.454 e. The van der Waals surface area contributed by atoms with Crippen molar-refractivity contribution in [3.05, 3.63) is 23.8 Å². The summed E-state index contributed by atoms with van der Waals surface area (Å²) in [5.74, 6) is 2.38. The Kier molecular flexibility index (Phi) is 2.95. The first kappa shape index (κ1) is 11.5. The molecular formula is C12H13NO4S. The van der Waals surface area contributed by atoms with Gasteiger partial charge < -0.3 is 14.4 Å². The zero-order valence-electron chi connectivity index (χ0n) is 9.76. The number of amides is 1. The van der Waals surface area contributed by atoms with Crippen LogP contribution in [0.3, 0.4) is 0 Å². The molecule has 1 aromatic rings. The van der Waals surface area contributed by atoms with E-state index >= 15 is 0 Å². The highest BCUT2D eigenvalue weighted by Crippen LogP contribution is 2.32. The fourth-order valence-corrected chi connectivity index (χ4v) is 3.11. The molecule has 0 spiro atoms. The first-order chi connectivity index (χ1) is 8.74. The van der Waals surface area contributed by atoms with Gasteiger partial charge in [-0.25, -0.2) is 0 Å². The maximum atomic E-state index is 12.2. The summed E-state index contributed by atoms with van der Waals surface area (Å²) in [5.41, 5.74) is 0.590. The normalized spacial score (nSPS) is 19.0. The molecule has 1 saturated heterocycles. The van der Waals surface area contributed by atoms with Crippen LogP contribution >= 0.6 is 0 Å². The SMILES string of the molecule is O=C(c1ccc2c(c1)OCO2)N1CCS(=O)CC1. The number of hydrogen-bond donors (Lipinski definition) is 0. The number of hydrogen-bond acceptors (Lipinski definition) is 4. The zero-order valence-corrected chi connectivity index (χ0v) is 10.6. The van der Waals surface area contributed by atoms with Crippen molar-refractivity contribution in [2.45, 2.75) is 0 Å². The van der Waals surface area contributed by atoms with Gasteiger partial charge in [0.1, 0.15) is 0 Å². The quantitative estimate of drug-likeness (QED) is 0.748. The van der Waals surface area contributed by atoms with E-state index in [1.54, 1.807) is 23.1 Å². The molecule has 0 bridgehead atoms. The van der Waals surface area contributed by atoms with Crippen molar-refractivity contribution < 1.29 is 18.5 Å². The molecule has 96 valence electrons. The largest absolute Gasteiger partial charge is 0.454 e. The molecule has 3 rings (SSSR count). The smallest absolute Gasteiger partial charge is 0.254 e. The third kappa shape index (κ3) is 2.08. The molecule has 0 atom stereocenters. The van der Waals surface area contributed by atoms with Crippen LogP contribution in [0, 0.1) is 0 Å². The Labute approximate surface area is 107 Å². The van der Waals surface area contributed by atoms with Crippen LogP contribution in [0.15, 0.2) is 18.2 Å². The number of carbonyl (C=O) groups is 1. The summed E-state index contributed by atoms with van der Waals surface area (Å²) in [6.45, 7) is 1.31. The van der Waals surface area contributed by atoms with Gasteiger partial charge in [0.2, 0.25) is 6.79 Å². The van der Waals surface area contributed by atoms with Gasteiger partial charge in [-0.3, -0.25) is 9.00 Å². The first-order valence-corrected chi connectivity index (χ1v) is 7.27. The van der Waals surface area contributed by atoms with Crippen LogP contribution in [-0.4, -0.2) is 46.4 Å². The van der Waals surface area contributed by atoms with E-state index in [4.69, 9.17) is 9.47 Å². The number of benzene rings is 1. The summed E-state index contributed by atoms with van der Waals surface area (Å²) < 4.78 is 21.7. The van der Waals surface area contributed by atoms with Crippen molar-refractivity contribution in [3.8, 4) is 11.5 Å². The lowest BCUT2D eigenvalue weighted by atomic mass is 10.1. The molecule has 0 radical (unpaired) electrons. The van der Waals surface area contributed by atoms with Crippen molar-refractivity contribution in [2.24, 2.45) is 0 Å². The van der Waals surface area contributed by atoms with Crippen LogP contribution in [0.4, 0.5) is 0 Å². The highest BCUT2D eigenvalue weighted by molar-refractivity contribution is 7.85. The van der Waals surface area contributed by atoms with Gasteiger partial charge in [0, 0.05) is 41.0 Å². The Bertz CT molecular complexity index is 507. The molecule has 1 aromatic carbocycles. The number of carbonyl (C=O) groups excluding carboxylic acids is 1. The first-order valence-electron chi connectivity index (χ1n) is 5.78. The van der Waals surface area contributed by atoms with E-state index in [2.05, 4.69) is 0 Å². The van der Waals surface area contributed by atoms with E-state index in [0.717, 1.165) is 0 Å². The van der Waals surface area contributed by atoms with Crippen LogP contribution in [-0.2, 0) is 10.8 Å². The average Bonchev–Trinajstić information content (AvgIpc) is 2.86. The lowest BCUT2D eigenvalue weighted by Gasteiger charge is -2.26. The molecule has 0 saturated carbocycles. The van der Waals surface area contributed by atoms with Crippen molar-refractivity contribution in [3.63, 3.8) is 0 Å². The second kappa shape index (κ2) is 4.61. The fourth-order valence-electron chi connectivity index (χ4n) is 2.05. The predicted octanol–water partition coefficient (Wildman–Crippen LogP) is 0.620. The molecular weight excluding hydrogens is 254 g/mol. The van der Waals surface area contributed by atoms with E-state index in [1.165, 1.54) is 0 Å². The van der Waals surface area contributed by atoms with E-state index in [9.17, 15) is 9.00 Å². The highest BCUT2D eigenvalue weighted by Gasteiger charge is 2.23. The minimum atomic E-state index is -0.772. The van der Waals surface area contributed by atoms with Crippen molar-refractivity contribution in [1.82, 2.24) is 4.90 Å². The number of rotatable bonds is 1. The second-order valence-electron chi connectivity index (χ2n) is 4.21. The van der Waals surface area contributed by atoms with E-state index < -0.39 is 10.8 Å². The number of nitrogens with zero attached hydrogens (tertiary/aromatic N) is 1. The Hall–Kier alpha value is -1.56. The van der Waals surface area contributed by atoms with Gasteiger partial charge in [-0.1, -0.05) is 0 Å². The van der Waals surface area contributed by atoms with Crippen LogP contribution in [0.1, 0.15) is 10.4 Å². The molecule has 1 amide bonds. The summed E-state index contributed by atoms with van der Waals surface area (Å²) >= 11 is 0. The molecule has 0 N–H and O–H groups in total. The van der Waals surface area contributed by atoms with E-state index in [-0.39, 0.29) is 12.7 Å². The van der Waals surface area contributed by atoms with Crippen LogP contribution in [0.25, 0.3) is 0 Å². The van der Waals surface area contributed by atoms with Gasteiger partial charge in [-0.15, -0.1) is 0 Å². The molecule has 2 aliphatic heterocycles. The minimum absolute atomic E-state index is 0.0370. The Morgan fingerprint density at radius 1 is 1.17 bits per heavy atom. The van der Waals surface area contributed by atoms with Crippen molar-refractivity contribution in [2.75, 3.05) is 31.4 Å². The predicted molar refractivity (Wildman–Crippen MR) is 66.3 cm³/mol. The molecule has 5 nitrogen and oxygen atoms in total. The van der Waals surface area contributed by atoms with Gasteiger partial charge in [0.25, 0.3) is 5.91 Å². The highest BCUT2D eigenvalue weighted by atomic mass is 32.2. The summed E-state index contributed by atoms with van der Waals surface area (Å²) in [5, 5.41) is 0. The number of fused-ring (bicyclic) bond motifs is 1. The molecule has 1 fully saturated rings. The maximum Gasteiger partial charge on any atom is 0.254 e. The Morgan fingerprint density at radius 2 is 1.89 bits per heavy atom. The van der Waals surface area contributed by atoms with Crippen LogP contribution < -0.4 is 9.47 Å². The monoisotopic (exact) mass is 267 g/mol. The Morgan fingerprint density at radius 3 is 2.67 bits per heavy atom. The molecule has 0 unspecified atom stereocenters. The van der Waals surface area contributed by atoms with Gasteiger partial charge in [0.05, 0.1) is 0 Å². The molecule has 0 aromatic heterocycles. The third-order valence-electron chi connectivity index (χ3n) is 3.08. The van der Waals surface area contributed by atoms with E-state index in [0.29, 0.717) is 41.7 Å². The number of ether oxygens (including phenoxy) is 2. The standard InChI is InChI=1S/C12H13NO4S/c14-12(13-3-5-18(15)6-4-13)9-1-2-10-11(7-9)17-8-16-10/h1-2,7H,3-6,8H2. The summed E-state index contributed by atoms with van der Waals surface area (Å²) in [4.78, 5) is 14.0. The van der Waals surface area contributed by atoms with E-state index in [1.807, 2.05) is 0 Å². The lowest BCUT2D eigenvalue weighted by Crippen LogP contribution is -2.41. The summed E-state index contributed by atoms with van der Waals surface area (Å²) in [6.07, 6.45) is 0. The zero-order chi connectivity index (χ0) is 12.5. The Balaban J connectivity index is 1.78.